The summed E-state index contributed by atoms with van der Waals surface area (Å²) in [7, 11) is -3.42. The molecule has 21 heavy (non-hydrogen) atoms. The molecule has 0 saturated carbocycles. The number of nitrogens with two attached hydrogens (primary N) is 1. The number of halogens is 1. The van der Waals surface area contributed by atoms with Gasteiger partial charge in [-0.25, -0.2) is 17.8 Å². The summed E-state index contributed by atoms with van der Waals surface area (Å²) in [5.41, 5.74) is 5.51. The summed E-state index contributed by atoms with van der Waals surface area (Å²) in [5.74, 6) is -0.504. The molecule has 0 aromatic carbocycles. The van der Waals surface area contributed by atoms with Crippen LogP contribution in [0, 0.1) is 5.82 Å². The van der Waals surface area contributed by atoms with Crippen molar-refractivity contribution in [2.45, 2.75) is 12.3 Å². The second-order valence-electron chi connectivity index (χ2n) is 4.57. The Morgan fingerprint density at radius 2 is 2.33 bits per heavy atom. The van der Waals surface area contributed by atoms with Gasteiger partial charge in [-0.3, -0.25) is 4.79 Å². The number of rotatable bonds is 3. The number of thioether (sulfide) groups is 1. The Balaban J connectivity index is 2.37. The van der Waals surface area contributed by atoms with E-state index >= 15 is 0 Å². The first-order valence-corrected chi connectivity index (χ1v) is 9.25. The minimum absolute atomic E-state index is 0.0567. The lowest BCUT2D eigenvalue weighted by Crippen LogP contribution is -2.50. The summed E-state index contributed by atoms with van der Waals surface area (Å²) < 4.78 is 37.5. The lowest BCUT2D eigenvalue weighted by Gasteiger charge is -2.34. The van der Waals surface area contributed by atoms with Gasteiger partial charge in [-0.1, -0.05) is 6.92 Å². The van der Waals surface area contributed by atoms with E-state index in [1.807, 2.05) is 0 Å². The molecule has 1 aliphatic heterocycles. The van der Waals surface area contributed by atoms with E-state index in [4.69, 9.17) is 5.73 Å². The van der Waals surface area contributed by atoms with E-state index in [9.17, 15) is 17.6 Å². The van der Waals surface area contributed by atoms with Gasteiger partial charge in [-0.05, 0) is 6.07 Å². The number of hydrogen-bond acceptors (Lipinski definition) is 6. The second-order valence-corrected chi connectivity index (χ2v) is 8.16. The predicted molar refractivity (Wildman–Crippen MR) is 80.2 cm³/mol. The molecule has 1 aliphatic rings. The highest BCUT2D eigenvalue weighted by Crippen LogP contribution is 2.24. The van der Waals surface area contributed by atoms with Crippen molar-refractivity contribution in [1.82, 2.24) is 9.88 Å². The number of nitrogens with zero attached hydrogens (tertiary/aromatic N) is 2. The number of carbonyl (C=O) groups is 1. The van der Waals surface area contributed by atoms with Crippen molar-refractivity contribution >= 4 is 33.3 Å². The van der Waals surface area contributed by atoms with Crippen LogP contribution in [0.25, 0.3) is 0 Å². The van der Waals surface area contributed by atoms with Gasteiger partial charge >= 0.3 is 0 Å². The van der Waals surface area contributed by atoms with Gasteiger partial charge in [0.15, 0.2) is 9.84 Å². The fourth-order valence-electron chi connectivity index (χ4n) is 2.08. The number of amides is 1. The van der Waals surface area contributed by atoms with Crippen LogP contribution in [0.5, 0.6) is 0 Å². The molecule has 1 fully saturated rings. The molecule has 1 unspecified atom stereocenters. The zero-order valence-electron chi connectivity index (χ0n) is 11.5. The van der Waals surface area contributed by atoms with Gasteiger partial charge < -0.3 is 10.6 Å². The molecule has 2 N–H and O–H groups in total. The van der Waals surface area contributed by atoms with Crippen LogP contribution >= 0.6 is 11.8 Å². The summed E-state index contributed by atoms with van der Waals surface area (Å²) in [6.07, 6.45) is 0.915. The molecule has 2 heterocycles. The maximum atomic E-state index is 13.3. The Hall–Kier alpha value is -1.35. The number of anilines is 1. The molecule has 0 spiro atoms. The first-order valence-electron chi connectivity index (χ1n) is 6.38. The highest BCUT2D eigenvalue weighted by atomic mass is 32.2. The summed E-state index contributed by atoms with van der Waals surface area (Å²) in [5, 5.41) is -0.906. The van der Waals surface area contributed by atoms with Crippen LogP contribution in [0.1, 0.15) is 17.3 Å². The summed E-state index contributed by atoms with van der Waals surface area (Å²) in [4.78, 5) is 17.4. The molecule has 0 radical (unpaired) electrons. The van der Waals surface area contributed by atoms with E-state index < -0.39 is 26.9 Å². The van der Waals surface area contributed by atoms with Gasteiger partial charge in [0.25, 0.3) is 5.91 Å². The van der Waals surface area contributed by atoms with E-state index in [0.29, 0.717) is 11.5 Å². The second kappa shape index (κ2) is 6.18. The summed E-state index contributed by atoms with van der Waals surface area (Å²) in [6, 6.07) is 0.988. The molecule has 1 atom stereocenters. The van der Waals surface area contributed by atoms with Crippen LogP contribution in [0.3, 0.4) is 0 Å². The zero-order valence-corrected chi connectivity index (χ0v) is 13.1. The SMILES string of the molecule is CCS(=O)(=O)C1CSCCN1C(=O)c1cc(F)cnc1N. The van der Waals surface area contributed by atoms with Crippen molar-refractivity contribution in [1.29, 1.82) is 0 Å². The monoisotopic (exact) mass is 333 g/mol. The van der Waals surface area contributed by atoms with Gasteiger partial charge in [-0.15, -0.1) is 0 Å². The zero-order chi connectivity index (χ0) is 15.6. The Morgan fingerprint density at radius 1 is 1.62 bits per heavy atom. The number of aromatic nitrogens is 1. The topological polar surface area (TPSA) is 93.4 Å². The number of nitrogen functional groups attached to an aromatic ring is 1. The average Bonchev–Trinajstić information content (AvgIpc) is 2.49. The largest absolute Gasteiger partial charge is 0.383 e. The third kappa shape index (κ3) is 3.29. The van der Waals surface area contributed by atoms with Crippen molar-refractivity contribution in [3.63, 3.8) is 0 Å². The quantitative estimate of drug-likeness (QED) is 0.877. The minimum Gasteiger partial charge on any atom is -0.383 e. The van der Waals surface area contributed by atoms with Gasteiger partial charge in [0, 0.05) is 23.8 Å². The smallest absolute Gasteiger partial charge is 0.258 e. The molecular weight excluding hydrogens is 317 g/mol. The molecule has 1 saturated heterocycles. The molecule has 9 heteroatoms. The van der Waals surface area contributed by atoms with Crippen molar-refractivity contribution in [2.24, 2.45) is 0 Å². The van der Waals surface area contributed by atoms with E-state index in [1.54, 1.807) is 0 Å². The van der Waals surface area contributed by atoms with Crippen molar-refractivity contribution in [3.8, 4) is 0 Å². The Bertz CT molecular complexity index is 651. The molecule has 1 aromatic rings. The minimum atomic E-state index is -3.42. The highest BCUT2D eigenvalue weighted by Gasteiger charge is 2.36. The fourth-order valence-corrected chi connectivity index (χ4v) is 5.04. The van der Waals surface area contributed by atoms with Gasteiger partial charge in [0.2, 0.25) is 0 Å². The van der Waals surface area contributed by atoms with E-state index in [1.165, 1.54) is 23.6 Å². The lowest BCUT2D eigenvalue weighted by molar-refractivity contribution is 0.0749. The van der Waals surface area contributed by atoms with Gasteiger partial charge in [0.1, 0.15) is 17.0 Å². The number of hydrogen-bond donors (Lipinski definition) is 1. The first kappa shape index (κ1) is 16.0. The maximum absolute atomic E-state index is 13.3. The van der Waals surface area contributed by atoms with E-state index in [2.05, 4.69) is 4.98 Å². The van der Waals surface area contributed by atoms with Crippen LogP contribution in [0.15, 0.2) is 12.3 Å². The van der Waals surface area contributed by atoms with Crippen molar-refractivity contribution in [2.75, 3.05) is 29.5 Å². The van der Waals surface area contributed by atoms with Gasteiger partial charge in [-0.2, -0.15) is 11.8 Å². The van der Waals surface area contributed by atoms with E-state index in [0.717, 1.165) is 12.3 Å². The van der Waals surface area contributed by atoms with Crippen molar-refractivity contribution < 1.29 is 17.6 Å². The number of carbonyl (C=O) groups excluding carboxylic acids is 1. The van der Waals surface area contributed by atoms with Crippen LogP contribution in [-0.4, -0.2) is 53.4 Å². The standard InChI is InChI=1S/C12H16FN3O3S2/c1-2-21(18,19)10-7-20-4-3-16(10)12(17)9-5-8(13)6-15-11(9)14/h5-6,10H,2-4,7H2,1H3,(H2,14,15). The molecule has 1 aromatic heterocycles. The molecule has 116 valence electrons. The average molecular weight is 333 g/mol. The normalized spacial score (nSPS) is 19.5. The molecule has 6 nitrogen and oxygen atoms in total. The molecule has 1 amide bonds. The Morgan fingerprint density at radius 3 is 3.00 bits per heavy atom. The van der Waals surface area contributed by atoms with E-state index in [-0.39, 0.29) is 23.7 Å². The Labute approximate surface area is 126 Å². The third-order valence-corrected chi connectivity index (χ3v) is 6.57. The molecule has 2 rings (SSSR count). The molecule has 0 bridgehead atoms. The fraction of sp³-hybridized carbons (Fsp3) is 0.500. The summed E-state index contributed by atoms with van der Waals surface area (Å²) >= 11 is 1.47. The molecular formula is C12H16FN3O3S2. The first-order chi connectivity index (χ1) is 9.86. The van der Waals surface area contributed by atoms with Crippen molar-refractivity contribution in [3.05, 3.63) is 23.6 Å². The summed E-state index contributed by atoms with van der Waals surface area (Å²) in [6.45, 7) is 1.82. The number of sulfone groups is 1. The maximum Gasteiger partial charge on any atom is 0.258 e. The predicted octanol–water partition coefficient (Wildman–Crippen LogP) is 0.753. The van der Waals surface area contributed by atoms with Crippen LogP contribution in [0.4, 0.5) is 10.2 Å². The van der Waals surface area contributed by atoms with Crippen LogP contribution in [0.2, 0.25) is 0 Å². The van der Waals surface area contributed by atoms with Crippen LogP contribution < -0.4 is 5.73 Å². The van der Waals surface area contributed by atoms with Crippen LogP contribution in [-0.2, 0) is 9.84 Å². The highest BCUT2D eigenvalue weighted by molar-refractivity contribution is 8.01. The third-order valence-electron chi connectivity index (χ3n) is 3.28. The Kier molecular flexibility index (Phi) is 4.72. The lowest BCUT2D eigenvalue weighted by atomic mass is 10.2. The van der Waals surface area contributed by atoms with Gasteiger partial charge in [0.05, 0.1) is 11.8 Å². The molecule has 0 aliphatic carbocycles. The number of pyridine rings is 1.